The molecule has 2 N–H and O–H groups in total. The summed E-state index contributed by atoms with van der Waals surface area (Å²) in [5.41, 5.74) is 2.11. The molecule has 0 spiro atoms. The number of benzene rings is 1. The van der Waals surface area contributed by atoms with Crippen LogP contribution in [0.1, 0.15) is 12.5 Å². The SMILES string of the molecule is CC(=O)N[C@@H](Nc1nnc(-c2ccc(C)cc2)s1)C(Cl)(Cl)Cl. The first kappa shape index (κ1) is 17.3. The van der Waals surface area contributed by atoms with Crippen LogP contribution in [0.25, 0.3) is 10.6 Å². The van der Waals surface area contributed by atoms with Gasteiger partial charge in [-0.3, -0.25) is 4.79 Å². The standard InChI is InChI=1S/C13H13Cl3N4OS/c1-7-3-5-9(6-4-7)10-19-20-12(22-10)18-11(13(14,15)16)17-8(2)21/h3-6,11H,1-2H3,(H,17,21)(H,18,20)/t11-/m0/s1. The van der Waals surface area contributed by atoms with Crippen LogP contribution in [0.4, 0.5) is 5.13 Å². The molecule has 9 heteroatoms. The molecule has 2 rings (SSSR count). The van der Waals surface area contributed by atoms with E-state index in [-0.39, 0.29) is 5.91 Å². The van der Waals surface area contributed by atoms with E-state index in [0.717, 1.165) is 16.1 Å². The second-order valence-electron chi connectivity index (χ2n) is 4.60. The predicted molar refractivity (Wildman–Crippen MR) is 91.6 cm³/mol. The highest BCUT2D eigenvalue weighted by molar-refractivity contribution is 7.18. The molecule has 1 aromatic carbocycles. The summed E-state index contributed by atoms with van der Waals surface area (Å²) < 4.78 is -1.72. The highest BCUT2D eigenvalue weighted by atomic mass is 35.6. The smallest absolute Gasteiger partial charge is 0.228 e. The number of hydrogen-bond acceptors (Lipinski definition) is 5. The lowest BCUT2D eigenvalue weighted by Gasteiger charge is -2.25. The minimum atomic E-state index is -1.72. The largest absolute Gasteiger partial charge is 0.336 e. The molecule has 0 aliphatic rings. The monoisotopic (exact) mass is 378 g/mol. The van der Waals surface area contributed by atoms with Gasteiger partial charge < -0.3 is 10.6 Å². The molecule has 0 bridgehead atoms. The lowest BCUT2D eigenvalue weighted by atomic mass is 10.2. The molecule has 22 heavy (non-hydrogen) atoms. The zero-order chi connectivity index (χ0) is 16.3. The zero-order valence-electron chi connectivity index (χ0n) is 11.7. The van der Waals surface area contributed by atoms with Crippen LogP contribution in [0.2, 0.25) is 0 Å². The first-order valence-electron chi connectivity index (χ1n) is 6.26. The van der Waals surface area contributed by atoms with Gasteiger partial charge in [0.1, 0.15) is 11.2 Å². The topological polar surface area (TPSA) is 66.9 Å². The fourth-order valence-electron chi connectivity index (χ4n) is 1.62. The molecule has 1 atom stereocenters. The molecule has 0 unspecified atom stereocenters. The van der Waals surface area contributed by atoms with Gasteiger partial charge in [0.05, 0.1) is 0 Å². The summed E-state index contributed by atoms with van der Waals surface area (Å²) in [6.45, 7) is 3.35. The number of halogens is 3. The lowest BCUT2D eigenvalue weighted by molar-refractivity contribution is -0.119. The average molecular weight is 380 g/mol. The van der Waals surface area contributed by atoms with Gasteiger partial charge in [0.2, 0.25) is 14.8 Å². The zero-order valence-corrected chi connectivity index (χ0v) is 14.8. The third-order valence-corrected chi connectivity index (χ3v) is 4.22. The van der Waals surface area contributed by atoms with Crippen molar-refractivity contribution in [2.24, 2.45) is 0 Å². The van der Waals surface area contributed by atoms with Crippen molar-refractivity contribution < 1.29 is 4.79 Å². The summed E-state index contributed by atoms with van der Waals surface area (Å²) in [7, 11) is 0. The molecule has 0 fully saturated rings. The third-order valence-electron chi connectivity index (χ3n) is 2.67. The number of alkyl halides is 3. The van der Waals surface area contributed by atoms with Crippen LogP contribution >= 0.6 is 46.1 Å². The summed E-state index contributed by atoms with van der Waals surface area (Å²) in [5.74, 6) is -0.327. The second kappa shape index (κ2) is 7.00. The van der Waals surface area contributed by atoms with E-state index >= 15 is 0 Å². The van der Waals surface area contributed by atoms with Crippen molar-refractivity contribution in [1.29, 1.82) is 0 Å². The molecule has 118 valence electrons. The Morgan fingerprint density at radius 2 is 1.86 bits per heavy atom. The molecule has 0 radical (unpaired) electrons. The van der Waals surface area contributed by atoms with Crippen molar-refractivity contribution in [2.45, 2.75) is 23.8 Å². The molecule has 1 heterocycles. The Balaban J connectivity index is 2.16. The molecule has 0 saturated carbocycles. The average Bonchev–Trinajstić information content (AvgIpc) is 2.86. The van der Waals surface area contributed by atoms with Gasteiger partial charge in [-0.1, -0.05) is 76.0 Å². The summed E-state index contributed by atoms with van der Waals surface area (Å²) >= 11 is 18.8. The van der Waals surface area contributed by atoms with Gasteiger partial charge in [0.15, 0.2) is 0 Å². The number of carbonyl (C=O) groups is 1. The van der Waals surface area contributed by atoms with Crippen LogP contribution in [0.15, 0.2) is 24.3 Å². The van der Waals surface area contributed by atoms with Crippen LogP contribution in [-0.4, -0.2) is 26.1 Å². The van der Waals surface area contributed by atoms with Gasteiger partial charge in [-0.05, 0) is 6.92 Å². The number of hydrogen-bond donors (Lipinski definition) is 2. The second-order valence-corrected chi connectivity index (χ2v) is 7.94. The van der Waals surface area contributed by atoms with E-state index in [0.29, 0.717) is 5.13 Å². The fourth-order valence-corrected chi connectivity index (χ4v) is 2.73. The molecule has 1 aromatic heterocycles. The number of nitrogens with one attached hydrogen (secondary N) is 2. The minimum Gasteiger partial charge on any atom is -0.336 e. The van der Waals surface area contributed by atoms with Gasteiger partial charge >= 0.3 is 0 Å². The van der Waals surface area contributed by atoms with Gasteiger partial charge in [-0.2, -0.15) is 0 Å². The molecular weight excluding hydrogens is 367 g/mol. The van der Waals surface area contributed by atoms with E-state index in [1.54, 1.807) is 0 Å². The highest BCUT2D eigenvalue weighted by Gasteiger charge is 2.34. The molecule has 2 aromatic rings. The Kier molecular flexibility index (Phi) is 5.50. The van der Waals surface area contributed by atoms with Crippen LogP contribution in [0, 0.1) is 6.92 Å². The van der Waals surface area contributed by atoms with Crippen LogP contribution in [-0.2, 0) is 4.79 Å². The van der Waals surface area contributed by atoms with Crippen molar-refractivity contribution in [3.05, 3.63) is 29.8 Å². The van der Waals surface area contributed by atoms with Crippen molar-refractivity contribution in [1.82, 2.24) is 15.5 Å². The molecule has 1 amide bonds. The predicted octanol–water partition coefficient (Wildman–Crippen LogP) is 3.76. The molecule has 0 saturated heterocycles. The maximum Gasteiger partial charge on any atom is 0.228 e. The quantitative estimate of drug-likeness (QED) is 0.627. The van der Waals surface area contributed by atoms with E-state index in [1.807, 2.05) is 31.2 Å². The van der Waals surface area contributed by atoms with Crippen LogP contribution in [0.5, 0.6) is 0 Å². The Morgan fingerprint density at radius 1 is 1.23 bits per heavy atom. The van der Waals surface area contributed by atoms with Crippen molar-refractivity contribution in [3.63, 3.8) is 0 Å². The molecule has 5 nitrogen and oxygen atoms in total. The van der Waals surface area contributed by atoms with E-state index < -0.39 is 9.96 Å². The van der Waals surface area contributed by atoms with Gasteiger partial charge in [-0.25, -0.2) is 0 Å². The normalized spacial score (nSPS) is 12.8. The number of nitrogens with zero attached hydrogens (tertiary/aromatic N) is 2. The number of anilines is 1. The number of aromatic nitrogens is 2. The number of carbonyl (C=O) groups excluding carboxylic acids is 1. The minimum absolute atomic E-state index is 0.327. The van der Waals surface area contributed by atoms with Gasteiger partial charge in [0.25, 0.3) is 0 Å². The summed E-state index contributed by atoms with van der Waals surface area (Å²) in [4.78, 5) is 11.2. The molecule has 0 aliphatic heterocycles. The van der Waals surface area contributed by atoms with Gasteiger partial charge in [-0.15, -0.1) is 10.2 Å². The molecule has 0 aliphatic carbocycles. The Labute approximate surface area is 147 Å². The first-order valence-corrected chi connectivity index (χ1v) is 8.21. The number of aryl methyl sites for hydroxylation is 1. The Bertz CT molecular complexity index is 654. The summed E-state index contributed by atoms with van der Waals surface area (Å²) in [6.07, 6.45) is -0.909. The Morgan fingerprint density at radius 3 is 2.41 bits per heavy atom. The van der Waals surface area contributed by atoms with Crippen LogP contribution < -0.4 is 10.6 Å². The van der Waals surface area contributed by atoms with E-state index in [1.165, 1.54) is 18.3 Å². The number of rotatable bonds is 4. The maximum atomic E-state index is 11.2. The van der Waals surface area contributed by atoms with Crippen molar-refractivity contribution >= 4 is 57.2 Å². The van der Waals surface area contributed by atoms with Crippen molar-refractivity contribution in [3.8, 4) is 10.6 Å². The third kappa shape index (κ3) is 4.71. The highest BCUT2D eigenvalue weighted by Crippen LogP contribution is 2.33. The van der Waals surface area contributed by atoms with E-state index in [2.05, 4.69) is 20.8 Å². The van der Waals surface area contributed by atoms with E-state index in [9.17, 15) is 4.79 Å². The fraction of sp³-hybridized carbons (Fsp3) is 0.308. The molecular formula is C13H13Cl3N4OS. The summed E-state index contributed by atoms with van der Waals surface area (Å²) in [6, 6.07) is 7.90. The Hall–Kier alpha value is -1.08. The summed E-state index contributed by atoms with van der Waals surface area (Å²) in [5, 5.41) is 14.7. The first-order chi connectivity index (χ1) is 10.3. The maximum absolute atomic E-state index is 11.2. The lowest BCUT2D eigenvalue weighted by Crippen LogP contribution is -2.48. The van der Waals surface area contributed by atoms with Crippen molar-refractivity contribution in [2.75, 3.05) is 5.32 Å². The number of amides is 1. The van der Waals surface area contributed by atoms with E-state index in [4.69, 9.17) is 34.8 Å². The van der Waals surface area contributed by atoms with Crippen LogP contribution in [0.3, 0.4) is 0 Å². The van der Waals surface area contributed by atoms with Gasteiger partial charge in [0, 0.05) is 12.5 Å².